The van der Waals surface area contributed by atoms with E-state index in [0.717, 1.165) is 5.56 Å². The first-order valence-corrected chi connectivity index (χ1v) is 5.73. The second kappa shape index (κ2) is 5.34. The molecule has 1 aliphatic heterocycles. The van der Waals surface area contributed by atoms with Gasteiger partial charge in [-0.05, 0) is 11.5 Å². The number of hydrogen-bond donors (Lipinski definition) is 2. The number of halogens is 1. The molecule has 0 radical (unpaired) electrons. The minimum absolute atomic E-state index is 0. The Bertz CT molecular complexity index is 417. The van der Waals surface area contributed by atoms with Crippen molar-refractivity contribution < 1.29 is 14.6 Å². The Balaban J connectivity index is 0.00000162. The van der Waals surface area contributed by atoms with Gasteiger partial charge in [-0.2, -0.15) is 0 Å². The number of benzene rings is 1. The molecular weight excluding hydrogens is 254 g/mol. The summed E-state index contributed by atoms with van der Waals surface area (Å²) < 4.78 is 10.7. The Hall–Kier alpha value is -0.970. The van der Waals surface area contributed by atoms with E-state index in [1.54, 1.807) is 0 Å². The molecule has 4 nitrogen and oxygen atoms in total. The van der Waals surface area contributed by atoms with E-state index >= 15 is 0 Å². The Kier molecular flexibility index (Phi) is 4.48. The minimum atomic E-state index is -0.641. The zero-order valence-electron chi connectivity index (χ0n) is 10.8. The highest BCUT2D eigenvalue weighted by atomic mass is 35.5. The van der Waals surface area contributed by atoms with E-state index in [-0.39, 0.29) is 24.6 Å². The molecule has 102 valence electrons. The van der Waals surface area contributed by atoms with Crippen LogP contribution >= 0.6 is 12.4 Å². The first-order chi connectivity index (χ1) is 7.91. The molecule has 0 spiro atoms. The van der Waals surface area contributed by atoms with Gasteiger partial charge in [-0.25, -0.2) is 0 Å². The molecule has 0 aromatic heterocycles. The SMILES string of the molecule is CC(C)(C)[C@@H](O)[C@@H](N)c1cccc2c1OCO2.Cl. The fraction of sp³-hybridized carbons (Fsp3) is 0.538. The van der Waals surface area contributed by atoms with Crippen molar-refractivity contribution in [2.24, 2.45) is 11.1 Å². The van der Waals surface area contributed by atoms with Crippen LogP contribution in [0.2, 0.25) is 0 Å². The zero-order chi connectivity index (χ0) is 12.6. The lowest BCUT2D eigenvalue weighted by molar-refractivity contribution is 0.0393. The molecule has 0 saturated heterocycles. The molecule has 1 aliphatic rings. The van der Waals surface area contributed by atoms with Gasteiger partial charge in [0, 0.05) is 5.56 Å². The summed E-state index contributed by atoms with van der Waals surface area (Å²) in [7, 11) is 0. The molecule has 0 aliphatic carbocycles. The van der Waals surface area contributed by atoms with Crippen molar-refractivity contribution in [1.29, 1.82) is 0 Å². The highest BCUT2D eigenvalue weighted by Crippen LogP contribution is 2.40. The Morgan fingerprint density at radius 1 is 1.28 bits per heavy atom. The summed E-state index contributed by atoms with van der Waals surface area (Å²) in [6, 6.07) is 5.08. The van der Waals surface area contributed by atoms with Crippen LogP contribution in [0.4, 0.5) is 0 Å². The van der Waals surface area contributed by atoms with Crippen molar-refractivity contribution in [2.75, 3.05) is 6.79 Å². The average Bonchev–Trinajstić information content (AvgIpc) is 2.73. The van der Waals surface area contributed by atoms with Crippen molar-refractivity contribution in [3.63, 3.8) is 0 Å². The van der Waals surface area contributed by atoms with Crippen LogP contribution in [0.15, 0.2) is 18.2 Å². The van der Waals surface area contributed by atoms with Gasteiger partial charge in [0.05, 0.1) is 12.1 Å². The standard InChI is InChI=1S/C13H19NO3.ClH/c1-13(2,3)12(15)10(14)8-5-4-6-9-11(8)17-7-16-9;/h4-6,10,12,15H,7,14H2,1-3H3;1H/t10-,12-;/m0./s1. The second-order valence-corrected chi connectivity index (χ2v) is 5.42. The fourth-order valence-electron chi connectivity index (χ4n) is 1.92. The highest BCUT2D eigenvalue weighted by molar-refractivity contribution is 5.85. The highest BCUT2D eigenvalue weighted by Gasteiger charge is 2.32. The van der Waals surface area contributed by atoms with Gasteiger partial charge in [-0.15, -0.1) is 12.4 Å². The van der Waals surface area contributed by atoms with E-state index in [1.807, 2.05) is 39.0 Å². The van der Waals surface area contributed by atoms with Crippen molar-refractivity contribution >= 4 is 12.4 Å². The maximum absolute atomic E-state index is 10.2. The summed E-state index contributed by atoms with van der Waals surface area (Å²) in [5.74, 6) is 1.35. The van der Waals surface area contributed by atoms with Crippen molar-refractivity contribution in [3.05, 3.63) is 23.8 Å². The lowest BCUT2D eigenvalue weighted by Gasteiger charge is -2.31. The van der Waals surface area contributed by atoms with Crippen LogP contribution in [-0.4, -0.2) is 18.0 Å². The van der Waals surface area contributed by atoms with E-state index in [0.29, 0.717) is 11.5 Å². The van der Waals surface area contributed by atoms with Gasteiger partial charge in [0.2, 0.25) is 6.79 Å². The normalized spacial score (nSPS) is 16.9. The largest absolute Gasteiger partial charge is 0.454 e. The van der Waals surface area contributed by atoms with Crippen LogP contribution in [0.3, 0.4) is 0 Å². The molecular formula is C13H20ClNO3. The van der Waals surface area contributed by atoms with Crippen molar-refractivity contribution in [3.8, 4) is 11.5 Å². The average molecular weight is 274 g/mol. The van der Waals surface area contributed by atoms with E-state index in [2.05, 4.69) is 0 Å². The zero-order valence-corrected chi connectivity index (χ0v) is 11.7. The molecule has 18 heavy (non-hydrogen) atoms. The van der Waals surface area contributed by atoms with Crippen molar-refractivity contribution in [1.82, 2.24) is 0 Å². The van der Waals surface area contributed by atoms with Crippen molar-refractivity contribution in [2.45, 2.75) is 32.9 Å². The quantitative estimate of drug-likeness (QED) is 0.867. The summed E-state index contributed by atoms with van der Waals surface area (Å²) >= 11 is 0. The van der Waals surface area contributed by atoms with Gasteiger partial charge in [0.1, 0.15) is 0 Å². The minimum Gasteiger partial charge on any atom is -0.454 e. The van der Waals surface area contributed by atoms with Crippen LogP contribution in [0, 0.1) is 5.41 Å². The number of para-hydroxylation sites is 1. The number of aliphatic hydroxyl groups is 1. The lowest BCUT2D eigenvalue weighted by Crippen LogP contribution is -2.37. The molecule has 2 rings (SSSR count). The molecule has 0 amide bonds. The molecule has 3 N–H and O–H groups in total. The molecule has 0 saturated carbocycles. The second-order valence-electron chi connectivity index (χ2n) is 5.42. The number of aliphatic hydroxyl groups excluding tert-OH is 1. The molecule has 1 heterocycles. The predicted octanol–water partition coefficient (Wildman–Crippen LogP) is 2.24. The number of hydrogen-bond acceptors (Lipinski definition) is 4. The summed E-state index contributed by atoms with van der Waals surface area (Å²) in [5, 5.41) is 10.2. The van der Waals surface area contributed by atoms with Crippen LogP contribution in [0.25, 0.3) is 0 Å². The maximum atomic E-state index is 10.2. The molecule has 0 fully saturated rings. The van der Waals surface area contributed by atoms with E-state index in [9.17, 15) is 5.11 Å². The molecule has 2 atom stereocenters. The smallest absolute Gasteiger partial charge is 0.231 e. The number of nitrogens with two attached hydrogens (primary N) is 1. The third kappa shape index (κ3) is 2.71. The summed E-state index contributed by atoms with van der Waals surface area (Å²) in [4.78, 5) is 0. The summed E-state index contributed by atoms with van der Waals surface area (Å²) in [6.45, 7) is 6.08. The third-order valence-corrected chi connectivity index (χ3v) is 3.01. The monoisotopic (exact) mass is 273 g/mol. The Labute approximate surface area is 113 Å². The number of rotatable bonds is 2. The first-order valence-electron chi connectivity index (χ1n) is 5.73. The Morgan fingerprint density at radius 3 is 2.56 bits per heavy atom. The van der Waals surface area contributed by atoms with Gasteiger partial charge in [0.15, 0.2) is 11.5 Å². The van der Waals surface area contributed by atoms with Gasteiger partial charge >= 0.3 is 0 Å². The van der Waals surface area contributed by atoms with Gasteiger partial charge in [-0.1, -0.05) is 32.9 Å². The molecule has 0 unspecified atom stereocenters. The van der Waals surface area contributed by atoms with Crippen LogP contribution in [-0.2, 0) is 0 Å². The molecule has 5 heteroatoms. The number of fused-ring (bicyclic) bond motifs is 1. The van der Waals surface area contributed by atoms with Gasteiger partial charge < -0.3 is 20.3 Å². The van der Waals surface area contributed by atoms with E-state index < -0.39 is 12.1 Å². The maximum Gasteiger partial charge on any atom is 0.231 e. The van der Waals surface area contributed by atoms with E-state index in [4.69, 9.17) is 15.2 Å². The van der Waals surface area contributed by atoms with Gasteiger partial charge in [0.25, 0.3) is 0 Å². The third-order valence-electron chi connectivity index (χ3n) is 3.01. The van der Waals surface area contributed by atoms with Gasteiger partial charge in [-0.3, -0.25) is 0 Å². The van der Waals surface area contributed by atoms with Crippen LogP contribution in [0.1, 0.15) is 32.4 Å². The van der Waals surface area contributed by atoms with E-state index in [1.165, 1.54) is 0 Å². The molecule has 1 aromatic carbocycles. The fourth-order valence-corrected chi connectivity index (χ4v) is 1.92. The predicted molar refractivity (Wildman–Crippen MR) is 72.2 cm³/mol. The molecule has 0 bridgehead atoms. The topological polar surface area (TPSA) is 64.7 Å². The summed E-state index contributed by atoms with van der Waals surface area (Å²) in [6.07, 6.45) is -0.641. The lowest BCUT2D eigenvalue weighted by atomic mass is 9.82. The first kappa shape index (κ1) is 15.1. The number of ether oxygens (including phenoxy) is 2. The Morgan fingerprint density at radius 2 is 1.94 bits per heavy atom. The molecule has 1 aromatic rings. The summed E-state index contributed by atoms with van der Waals surface area (Å²) in [5.41, 5.74) is 6.63. The van der Waals surface area contributed by atoms with Crippen LogP contribution < -0.4 is 15.2 Å². The van der Waals surface area contributed by atoms with Crippen LogP contribution in [0.5, 0.6) is 11.5 Å².